The Labute approximate surface area is 100.0 Å². The Hall–Kier alpha value is -1.96. The third kappa shape index (κ3) is 1.21. The third-order valence-corrected chi connectivity index (χ3v) is 3.72. The minimum absolute atomic E-state index is 1.09. The zero-order valence-electron chi connectivity index (χ0n) is 9.59. The summed E-state index contributed by atoms with van der Waals surface area (Å²) in [5.74, 6) is 0. The second-order valence-electron chi connectivity index (χ2n) is 4.74. The van der Waals surface area contributed by atoms with Gasteiger partial charge in [0.2, 0.25) is 0 Å². The standard InChI is InChI=1S/C15H14N2/c1-3-11-9-17-13-7-6-10-4-2-8-16-15(10)14(13)12(11)5-1/h1,3,5-7,9,16-17H,2,4,8H2. The fraction of sp³-hybridized carbons (Fsp3) is 0.200. The van der Waals surface area contributed by atoms with Crippen molar-refractivity contribution in [3.63, 3.8) is 0 Å². The molecule has 0 bridgehead atoms. The normalized spacial score (nSPS) is 14.8. The summed E-state index contributed by atoms with van der Waals surface area (Å²) in [5.41, 5.74) is 6.65. The first-order valence-corrected chi connectivity index (χ1v) is 6.19. The number of pyridine rings is 1. The first kappa shape index (κ1) is 9.11. The molecule has 84 valence electrons. The van der Waals surface area contributed by atoms with E-state index >= 15 is 0 Å². The molecule has 1 aromatic carbocycles. The van der Waals surface area contributed by atoms with Gasteiger partial charge >= 0.3 is 0 Å². The molecule has 2 N–H and O–H groups in total. The average Bonchev–Trinajstić information content (AvgIpc) is 2.86. The molecule has 2 heterocycles. The number of aromatic amines is 1. The van der Waals surface area contributed by atoms with Gasteiger partial charge in [0.15, 0.2) is 0 Å². The highest BCUT2D eigenvalue weighted by molar-refractivity contribution is 6.05. The molecule has 0 amide bonds. The fourth-order valence-electron chi connectivity index (χ4n) is 2.89. The lowest BCUT2D eigenvalue weighted by molar-refractivity contribution is 0.833. The van der Waals surface area contributed by atoms with E-state index in [9.17, 15) is 0 Å². The molecule has 17 heavy (non-hydrogen) atoms. The molecule has 2 nitrogen and oxygen atoms in total. The second kappa shape index (κ2) is 3.27. The maximum Gasteiger partial charge on any atom is 0.0481 e. The highest BCUT2D eigenvalue weighted by Gasteiger charge is 2.16. The van der Waals surface area contributed by atoms with Crippen molar-refractivity contribution >= 4 is 16.6 Å². The van der Waals surface area contributed by atoms with Gasteiger partial charge < -0.3 is 10.3 Å². The van der Waals surface area contributed by atoms with Gasteiger partial charge in [-0.1, -0.05) is 24.3 Å². The summed E-state index contributed by atoms with van der Waals surface area (Å²) in [5, 5.41) is 4.92. The number of rotatable bonds is 0. The van der Waals surface area contributed by atoms with E-state index in [0.717, 1.165) is 6.54 Å². The molecule has 0 atom stereocenters. The predicted octanol–water partition coefficient (Wildman–Crippen LogP) is 3.63. The van der Waals surface area contributed by atoms with Gasteiger partial charge in [-0.3, -0.25) is 0 Å². The van der Waals surface area contributed by atoms with E-state index in [2.05, 4.69) is 46.8 Å². The Morgan fingerprint density at radius 1 is 1.06 bits per heavy atom. The number of aromatic nitrogens is 1. The Balaban J connectivity index is 2.17. The summed E-state index contributed by atoms with van der Waals surface area (Å²) in [6.45, 7) is 1.09. The molecule has 4 rings (SSSR count). The number of hydrogen-bond acceptors (Lipinski definition) is 1. The third-order valence-electron chi connectivity index (χ3n) is 3.72. The van der Waals surface area contributed by atoms with Gasteiger partial charge in [-0.05, 0) is 35.6 Å². The number of aryl methyl sites for hydroxylation is 1. The van der Waals surface area contributed by atoms with Crippen LogP contribution in [-0.2, 0) is 6.42 Å². The summed E-state index contributed by atoms with van der Waals surface area (Å²) < 4.78 is 0. The van der Waals surface area contributed by atoms with E-state index in [0.29, 0.717) is 0 Å². The van der Waals surface area contributed by atoms with Gasteiger partial charge in [0, 0.05) is 29.3 Å². The lowest BCUT2D eigenvalue weighted by atomic mass is 9.96. The van der Waals surface area contributed by atoms with E-state index < -0.39 is 0 Å². The maximum absolute atomic E-state index is 3.57. The summed E-state index contributed by atoms with van der Waals surface area (Å²) in [6, 6.07) is 10.9. The molecular formula is C15H14N2. The van der Waals surface area contributed by atoms with Gasteiger partial charge in [-0.25, -0.2) is 0 Å². The number of nitrogens with one attached hydrogen (secondary N) is 2. The quantitative estimate of drug-likeness (QED) is 0.597. The van der Waals surface area contributed by atoms with Crippen LogP contribution in [0.4, 0.5) is 5.69 Å². The van der Waals surface area contributed by atoms with Crippen molar-refractivity contribution in [3.05, 3.63) is 42.1 Å². The molecule has 0 saturated heterocycles. The molecule has 0 unspecified atom stereocenters. The Morgan fingerprint density at radius 3 is 3.06 bits per heavy atom. The van der Waals surface area contributed by atoms with E-state index in [-0.39, 0.29) is 0 Å². The topological polar surface area (TPSA) is 27.8 Å². The number of anilines is 1. The SMILES string of the molecule is c1cc2c[nH]c3ccc4c(c3c-2c1)NCCC4. The van der Waals surface area contributed by atoms with Crippen LogP contribution in [0.3, 0.4) is 0 Å². The number of hydrogen-bond donors (Lipinski definition) is 2. The molecule has 0 spiro atoms. The highest BCUT2D eigenvalue weighted by Crippen LogP contribution is 2.38. The Bertz CT molecular complexity index is 666. The molecule has 0 radical (unpaired) electrons. The van der Waals surface area contributed by atoms with Crippen LogP contribution in [-0.4, -0.2) is 11.5 Å². The first-order valence-electron chi connectivity index (χ1n) is 6.19. The predicted molar refractivity (Wildman–Crippen MR) is 71.7 cm³/mol. The number of benzene rings is 1. The Morgan fingerprint density at radius 2 is 2.06 bits per heavy atom. The minimum atomic E-state index is 1.09. The fourth-order valence-corrected chi connectivity index (χ4v) is 2.89. The van der Waals surface area contributed by atoms with Gasteiger partial charge in [0.25, 0.3) is 0 Å². The first-order chi connectivity index (χ1) is 8.43. The smallest absolute Gasteiger partial charge is 0.0481 e. The van der Waals surface area contributed by atoms with Gasteiger partial charge in [-0.15, -0.1) is 0 Å². The summed E-state index contributed by atoms with van der Waals surface area (Å²) in [6.07, 6.45) is 4.52. The van der Waals surface area contributed by atoms with Crippen molar-refractivity contribution in [3.8, 4) is 11.1 Å². The summed E-state index contributed by atoms with van der Waals surface area (Å²) in [7, 11) is 0. The molecule has 1 aromatic rings. The lowest BCUT2D eigenvalue weighted by Crippen LogP contribution is -2.12. The van der Waals surface area contributed by atoms with E-state index in [1.165, 1.54) is 46.1 Å². The minimum Gasteiger partial charge on any atom is -0.384 e. The van der Waals surface area contributed by atoms with Crippen molar-refractivity contribution in [2.24, 2.45) is 0 Å². The number of fused-ring (bicyclic) bond motifs is 5. The van der Waals surface area contributed by atoms with Crippen molar-refractivity contribution in [2.45, 2.75) is 12.8 Å². The van der Waals surface area contributed by atoms with E-state index in [1.54, 1.807) is 0 Å². The van der Waals surface area contributed by atoms with Crippen molar-refractivity contribution in [1.29, 1.82) is 0 Å². The summed E-state index contributed by atoms with van der Waals surface area (Å²) in [4.78, 5) is 3.39. The molecular weight excluding hydrogens is 208 g/mol. The van der Waals surface area contributed by atoms with Crippen molar-refractivity contribution in [2.75, 3.05) is 11.9 Å². The Kier molecular flexibility index (Phi) is 1.75. The van der Waals surface area contributed by atoms with Gasteiger partial charge in [0.05, 0.1) is 0 Å². The molecule has 2 aliphatic heterocycles. The van der Waals surface area contributed by atoms with Crippen LogP contribution in [0, 0.1) is 0 Å². The monoisotopic (exact) mass is 222 g/mol. The molecule has 0 aromatic heterocycles. The van der Waals surface area contributed by atoms with Crippen LogP contribution in [0.5, 0.6) is 0 Å². The van der Waals surface area contributed by atoms with Crippen LogP contribution in [0.2, 0.25) is 0 Å². The molecule has 3 aliphatic rings. The van der Waals surface area contributed by atoms with E-state index in [4.69, 9.17) is 0 Å². The molecule has 1 aliphatic carbocycles. The van der Waals surface area contributed by atoms with Crippen LogP contribution in [0.1, 0.15) is 12.0 Å². The zero-order valence-corrected chi connectivity index (χ0v) is 9.59. The maximum atomic E-state index is 3.57. The van der Waals surface area contributed by atoms with Crippen LogP contribution < -0.4 is 5.32 Å². The average molecular weight is 222 g/mol. The number of H-pyrrole nitrogens is 1. The van der Waals surface area contributed by atoms with Gasteiger partial charge in [0.1, 0.15) is 0 Å². The highest BCUT2D eigenvalue weighted by atomic mass is 14.9. The van der Waals surface area contributed by atoms with Crippen LogP contribution in [0.25, 0.3) is 22.0 Å². The molecule has 0 fully saturated rings. The molecule has 2 heteroatoms. The summed E-state index contributed by atoms with van der Waals surface area (Å²) >= 11 is 0. The molecule has 0 saturated carbocycles. The van der Waals surface area contributed by atoms with Gasteiger partial charge in [-0.2, -0.15) is 0 Å². The van der Waals surface area contributed by atoms with E-state index in [1.807, 2.05) is 0 Å². The zero-order chi connectivity index (χ0) is 11.2. The van der Waals surface area contributed by atoms with Crippen LogP contribution in [0.15, 0.2) is 36.5 Å². The van der Waals surface area contributed by atoms with Crippen molar-refractivity contribution in [1.82, 2.24) is 4.98 Å². The largest absolute Gasteiger partial charge is 0.384 e. The van der Waals surface area contributed by atoms with Crippen molar-refractivity contribution < 1.29 is 0 Å². The van der Waals surface area contributed by atoms with Crippen LogP contribution >= 0.6 is 0 Å². The second-order valence-corrected chi connectivity index (χ2v) is 4.74. The lowest BCUT2D eigenvalue weighted by Gasteiger charge is -2.21.